The molecular formula is C58H48N4O4P2Rh+2. The van der Waals surface area contributed by atoms with Crippen LogP contribution in [0.5, 0.6) is 0 Å². The summed E-state index contributed by atoms with van der Waals surface area (Å²) in [5.74, 6) is -1.96. The van der Waals surface area contributed by atoms with Crippen LogP contribution in [0.25, 0.3) is 21.5 Å². The van der Waals surface area contributed by atoms with Crippen molar-refractivity contribution >= 4 is 48.0 Å². The molecule has 341 valence electrons. The van der Waals surface area contributed by atoms with Crippen LogP contribution >= 0.6 is 15.8 Å². The molecule has 0 bridgehead atoms. The molecule has 9 aromatic rings. The van der Waals surface area contributed by atoms with Gasteiger partial charge in [0.15, 0.2) is 23.1 Å². The standard InChI is InChI=1S/C50H36N4O4P2.C8H10.Rh/c55-43-37-27-13-14-28-38(37)44(56)52-48(34-21-7-2-8-22-34)59(47(51(43)52)33-19-5-1-6-20-33)41-31-17-18-32-42(41)60-49(35-23-9-3-10-24-35)53-45(57)39-29-15-16-30-40(39)46(58)54(53)50(60)36-25-11-4-12-26-36;1-2-4-6-8-7-5-3-1;/h1-32,47-50H;1,8H,2,4-5,7H2;/q;-2;+2/p+2/t47-,48-,49-,50-;;/m0../s1. The second-order valence-corrected chi connectivity index (χ2v) is 22.4. The van der Waals surface area contributed by atoms with Crippen LogP contribution in [0.4, 0.5) is 0 Å². The summed E-state index contributed by atoms with van der Waals surface area (Å²) in [6.45, 7) is 0. The van der Waals surface area contributed by atoms with Gasteiger partial charge in [0.05, 0.1) is 37.4 Å². The summed E-state index contributed by atoms with van der Waals surface area (Å²) in [6.07, 6.45) is 15.0. The van der Waals surface area contributed by atoms with Crippen LogP contribution in [0.15, 0.2) is 225 Å². The van der Waals surface area contributed by atoms with Crippen LogP contribution in [0, 0.1) is 12.2 Å². The molecule has 0 saturated heterocycles. The molecule has 0 spiro atoms. The van der Waals surface area contributed by atoms with E-state index in [4.69, 9.17) is 0 Å². The molecule has 0 fully saturated rings. The van der Waals surface area contributed by atoms with E-state index in [1.165, 1.54) is 0 Å². The summed E-state index contributed by atoms with van der Waals surface area (Å²) < 4.78 is 6.98. The third-order valence-electron chi connectivity index (χ3n) is 13.4. The van der Waals surface area contributed by atoms with E-state index in [9.17, 15) is 0 Å². The average molecular weight is 1030 g/mol. The maximum Gasteiger partial charge on any atom is 2.00 e. The predicted molar refractivity (Wildman–Crippen MR) is 280 cm³/mol. The molecule has 1 radical (unpaired) electrons. The third kappa shape index (κ3) is 8.21. The van der Waals surface area contributed by atoms with E-state index in [0.29, 0.717) is 21.5 Å². The largest absolute Gasteiger partial charge is 2.00 e. The summed E-state index contributed by atoms with van der Waals surface area (Å²) in [4.78, 5) is 60.1. The third-order valence-corrected chi connectivity index (χ3v) is 20.4. The normalized spacial score (nSPS) is 18.7. The first-order valence-electron chi connectivity index (χ1n) is 23.2. The van der Waals surface area contributed by atoms with Gasteiger partial charge in [-0.05, 0) is 36.4 Å². The van der Waals surface area contributed by atoms with Crippen molar-refractivity contribution in [3.63, 3.8) is 0 Å². The molecule has 0 N–H and O–H groups in total. The van der Waals surface area contributed by atoms with Crippen LogP contribution in [0.1, 0.15) is 71.1 Å². The second-order valence-electron chi connectivity index (χ2n) is 17.3. The van der Waals surface area contributed by atoms with E-state index >= 15 is 19.2 Å². The van der Waals surface area contributed by atoms with Crippen molar-refractivity contribution in [1.29, 1.82) is 0 Å². The Morgan fingerprint density at radius 1 is 0.333 bits per heavy atom. The molecule has 1 aliphatic carbocycles. The minimum absolute atomic E-state index is 0. The van der Waals surface area contributed by atoms with Crippen LogP contribution in [0.3, 0.4) is 0 Å². The topological polar surface area (TPSA) is 88.0 Å². The minimum Gasteiger partial charge on any atom is -0.500 e. The Balaban J connectivity index is 0.000000561. The first-order valence-corrected chi connectivity index (χ1v) is 26.5. The Hall–Kier alpha value is -6.62. The van der Waals surface area contributed by atoms with E-state index in [0.717, 1.165) is 58.5 Å². The Morgan fingerprint density at radius 3 is 0.826 bits per heavy atom. The SMILES string of the molecule is O=c1c2ccccc2c(=O)n2n1[C@H](c1ccccc1)[PH+](c1ccccc1[PH+]1[C@@H](c3ccccc3)n3c(=O)c4ccccc4c(=O)n3[C@@H]1c1ccccc1)[C@H]2c1ccccc1.[C-]1=CCC[C-]=CCC1.[Rh+2]. The molecule has 12 rings (SSSR count). The summed E-state index contributed by atoms with van der Waals surface area (Å²) >= 11 is 0. The van der Waals surface area contributed by atoms with E-state index in [1.54, 1.807) is 43.0 Å². The van der Waals surface area contributed by atoms with Crippen molar-refractivity contribution in [2.75, 3.05) is 0 Å². The van der Waals surface area contributed by atoms with Crippen LogP contribution < -0.4 is 32.8 Å². The van der Waals surface area contributed by atoms with Crippen molar-refractivity contribution in [2.45, 2.75) is 48.8 Å². The number of hydrogen-bond donors (Lipinski definition) is 0. The van der Waals surface area contributed by atoms with E-state index in [-0.39, 0.29) is 41.7 Å². The van der Waals surface area contributed by atoms with Gasteiger partial charge in [-0.1, -0.05) is 171 Å². The summed E-state index contributed by atoms with van der Waals surface area (Å²) in [6, 6.07) is 63.0. The van der Waals surface area contributed by atoms with Gasteiger partial charge in [0.2, 0.25) is 0 Å². The first kappa shape index (κ1) is 46.1. The monoisotopic (exact) mass is 1030 g/mol. The number of aromatic nitrogens is 4. The zero-order chi connectivity index (χ0) is 46.1. The average Bonchev–Trinajstić information content (AvgIpc) is 3.94. The van der Waals surface area contributed by atoms with Gasteiger partial charge in [0.25, 0.3) is 22.2 Å². The molecular weight excluding hydrogens is 982 g/mol. The number of hydrogen-bond acceptors (Lipinski definition) is 4. The van der Waals surface area contributed by atoms with Gasteiger partial charge in [-0.2, -0.15) is 31.6 Å². The van der Waals surface area contributed by atoms with Crippen molar-refractivity contribution < 1.29 is 19.5 Å². The predicted octanol–water partition coefficient (Wildman–Crippen LogP) is 10.2. The van der Waals surface area contributed by atoms with Gasteiger partial charge in [0.1, 0.15) is 10.6 Å². The van der Waals surface area contributed by atoms with Crippen molar-refractivity contribution in [2.24, 2.45) is 0 Å². The molecule has 8 nitrogen and oxygen atoms in total. The summed E-state index contributed by atoms with van der Waals surface area (Å²) in [5.41, 5.74) is 2.90. The summed E-state index contributed by atoms with van der Waals surface area (Å²) in [7, 11) is -4.18. The van der Waals surface area contributed by atoms with Gasteiger partial charge in [-0.15, -0.1) is 0 Å². The van der Waals surface area contributed by atoms with Crippen molar-refractivity contribution in [3.05, 3.63) is 282 Å². The number of fused-ring (bicyclic) bond motifs is 4. The van der Waals surface area contributed by atoms with Crippen molar-refractivity contribution in [1.82, 2.24) is 18.7 Å². The molecule has 0 saturated carbocycles. The van der Waals surface area contributed by atoms with Crippen LogP contribution in [0.2, 0.25) is 0 Å². The second kappa shape index (κ2) is 20.2. The number of allylic oxidation sites excluding steroid dienone is 4. The molecule has 69 heavy (non-hydrogen) atoms. The molecule has 2 aromatic heterocycles. The van der Waals surface area contributed by atoms with Crippen molar-refractivity contribution in [3.8, 4) is 0 Å². The fraction of sp³-hybridized carbons (Fsp3) is 0.138. The zero-order valence-electron chi connectivity index (χ0n) is 37.5. The maximum absolute atomic E-state index is 15.0. The molecule has 4 atom stereocenters. The van der Waals surface area contributed by atoms with Gasteiger partial charge >= 0.3 is 19.5 Å². The zero-order valence-corrected chi connectivity index (χ0v) is 41.2. The number of rotatable bonds is 6. The number of nitrogens with zero attached hydrogens (tertiary/aromatic N) is 4. The fourth-order valence-electron chi connectivity index (χ4n) is 10.5. The molecule has 4 heterocycles. The fourth-order valence-corrected chi connectivity index (χ4v) is 18.7. The van der Waals surface area contributed by atoms with Crippen LogP contribution in [-0.2, 0) is 19.5 Å². The summed E-state index contributed by atoms with van der Waals surface area (Å²) in [5, 5.41) is 3.69. The van der Waals surface area contributed by atoms with Gasteiger partial charge in [-0.25, -0.2) is 0 Å². The Kier molecular flexibility index (Phi) is 13.5. The molecule has 2 aliphatic heterocycles. The van der Waals surface area contributed by atoms with E-state index < -0.39 is 39.0 Å². The first-order chi connectivity index (χ1) is 33.5. The molecule has 0 unspecified atom stereocenters. The quantitative estimate of drug-likeness (QED) is 0.0943. The Bertz CT molecular complexity index is 3160. The number of benzene rings is 7. The Morgan fingerprint density at radius 2 is 0.565 bits per heavy atom. The Labute approximate surface area is 414 Å². The molecule has 7 aromatic carbocycles. The maximum atomic E-state index is 15.0. The van der Waals surface area contributed by atoms with Gasteiger partial charge in [-0.3, -0.25) is 31.3 Å². The smallest absolute Gasteiger partial charge is 0.500 e. The minimum atomic E-state index is -2.09. The van der Waals surface area contributed by atoms with E-state index in [2.05, 4.69) is 97.1 Å². The molecule has 3 aliphatic rings. The van der Waals surface area contributed by atoms with E-state index in [1.807, 2.05) is 97.1 Å². The molecule has 11 heteroatoms. The van der Waals surface area contributed by atoms with Gasteiger partial charge in [0, 0.05) is 22.3 Å². The van der Waals surface area contributed by atoms with Gasteiger partial charge < -0.3 is 12.2 Å². The van der Waals surface area contributed by atoms with Crippen LogP contribution in [-0.4, -0.2) is 18.7 Å². The molecule has 0 amide bonds.